The molecule has 1 fully saturated rings. The van der Waals surface area contributed by atoms with Crippen molar-refractivity contribution in [1.29, 1.82) is 0 Å². The second kappa shape index (κ2) is 6.84. The second-order valence-electron chi connectivity index (χ2n) is 4.32. The van der Waals surface area contributed by atoms with Crippen molar-refractivity contribution in [2.24, 2.45) is 0 Å². The maximum absolute atomic E-state index is 11.6. The Morgan fingerprint density at radius 2 is 2.42 bits per heavy atom. The third-order valence-electron chi connectivity index (χ3n) is 2.84. The second-order valence-corrected chi connectivity index (χ2v) is 4.32. The fourth-order valence-corrected chi connectivity index (χ4v) is 1.83. The zero-order valence-electron chi connectivity index (χ0n) is 10.8. The molecule has 2 heterocycles. The summed E-state index contributed by atoms with van der Waals surface area (Å²) in [5.74, 6) is 0.397. The maximum Gasteiger partial charge on any atom is 0.272 e. The van der Waals surface area contributed by atoms with Gasteiger partial charge in [-0.3, -0.25) is 4.79 Å². The highest BCUT2D eigenvalue weighted by atomic mass is 16.5. The van der Waals surface area contributed by atoms with E-state index < -0.39 is 0 Å². The Bertz CT molecular complexity index is 427. The van der Waals surface area contributed by atoms with Crippen LogP contribution in [0, 0.1) is 0 Å². The van der Waals surface area contributed by atoms with E-state index in [1.807, 2.05) is 0 Å². The lowest BCUT2D eigenvalue weighted by Crippen LogP contribution is -2.25. The van der Waals surface area contributed by atoms with Crippen molar-refractivity contribution in [3.05, 3.63) is 30.5 Å². The number of hydrogen-bond acceptors (Lipinski definition) is 5. The van der Waals surface area contributed by atoms with Gasteiger partial charge in [-0.15, -0.1) is 16.8 Å². The largest absolute Gasteiger partial charge is 0.376 e. The van der Waals surface area contributed by atoms with Gasteiger partial charge in [0.25, 0.3) is 5.91 Å². The fraction of sp³-hybridized carbons (Fsp3) is 0.462. The molecule has 1 amide bonds. The Morgan fingerprint density at radius 3 is 3.05 bits per heavy atom. The quantitative estimate of drug-likeness (QED) is 0.747. The predicted molar refractivity (Wildman–Crippen MR) is 72.0 cm³/mol. The van der Waals surface area contributed by atoms with Gasteiger partial charge in [0.15, 0.2) is 5.69 Å². The van der Waals surface area contributed by atoms with Gasteiger partial charge < -0.3 is 15.4 Å². The number of rotatable bonds is 6. The number of carbonyl (C=O) groups excluding carboxylic acids is 1. The van der Waals surface area contributed by atoms with Crippen LogP contribution in [0.25, 0.3) is 0 Å². The number of hydrogen-bond donors (Lipinski definition) is 2. The predicted octanol–water partition coefficient (Wildman–Crippen LogP) is 0.983. The van der Waals surface area contributed by atoms with Gasteiger partial charge >= 0.3 is 0 Å². The van der Waals surface area contributed by atoms with Gasteiger partial charge in [0.05, 0.1) is 6.10 Å². The summed E-state index contributed by atoms with van der Waals surface area (Å²) in [6.07, 6.45) is 4.04. The summed E-state index contributed by atoms with van der Waals surface area (Å²) in [6.45, 7) is 5.50. The molecule has 6 heteroatoms. The minimum absolute atomic E-state index is 0.248. The Kier molecular flexibility index (Phi) is 4.85. The lowest BCUT2D eigenvalue weighted by Gasteiger charge is -2.10. The first-order chi connectivity index (χ1) is 9.29. The molecule has 1 aliphatic rings. The molecule has 0 saturated carbocycles. The highest BCUT2D eigenvalue weighted by Gasteiger charge is 2.15. The smallest absolute Gasteiger partial charge is 0.272 e. The van der Waals surface area contributed by atoms with E-state index in [1.54, 1.807) is 18.2 Å². The molecule has 0 spiro atoms. The Morgan fingerprint density at radius 1 is 1.53 bits per heavy atom. The number of nitrogens with one attached hydrogen (secondary N) is 2. The van der Waals surface area contributed by atoms with Crippen molar-refractivity contribution in [2.45, 2.75) is 18.9 Å². The monoisotopic (exact) mass is 262 g/mol. The number of ether oxygens (including phenoxy) is 1. The summed E-state index contributed by atoms with van der Waals surface area (Å²) in [4.78, 5) is 11.6. The number of nitrogens with zero attached hydrogens (tertiary/aromatic N) is 2. The van der Waals surface area contributed by atoms with Crippen molar-refractivity contribution in [3.63, 3.8) is 0 Å². The molecule has 0 radical (unpaired) electrons. The van der Waals surface area contributed by atoms with Crippen molar-refractivity contribution in [1.82, 2.24) is 15.5 Å². The molecule has 2 rings (SSSR count). The molecule has 1 unspecified atom stereocenters. The number of aromatic nitrogens is 2. The molecule has 0 aromatic carbocycles. The molecule has 2 N–H and O–H groups in total. The van der Waals surface area contributed by atoms with Gasteiger partial charge in [-0.1, -0.05) is 6.08 Å². The molecule has 19 heavy (non-hydrogen) atoms. The summed E-state index contributed by atoms with van der Waals surface area (Å²) in [5, 5.41) is 13.6. The van der Waals surface area contributed by atoms with Crippen LogP contribution in [-0.2, 0) is 4.74 Å². The Balaban J connectivity index is 1.83. The molecule has 1 aromatic heterocycles. The minimum Gasteiger partial charge on any atom is -0.376 e. The average Bonchev–Trinajstić information content (AvgIpc) is 2.96. The van der Waals surface area contributed by atoms with E-state index >= 15 is 0 Å². The van der Waals surface area contributed by atoms with Crippen molar-refractivity contribution >= 4 is 11.7 Å². The molecule has 0 bridgehead atoms. The van der Waals surface area contributed by atoms with Crippen LogP contribution in [0.3, 0.4) is 0 Å². The van der Waals surface area contributed by atoms with Crippen LogP contribution in [0.2, 0.25) is 0 Å². The van der Waals surface area contributed by atoms with Gasteiger partial charge in [-0.25, -0.2) is 0 Å². The zero-order valence-corrected chi connectivity index (χ0v) is 10.8. The minimum atomic E-state index is -0.252. The third-order valence-corrected chi connectivity index (χ3v) is 2.84. The first-order valence-electron chi connectivity index (χ1n) is 6.38. The first-order valence-corrected chi connectivity index (χ1v) is 6.38. The van der Waals surface area contributed by atoms with E-state index in [9.17, 15) is 4.79 Å². The van der Waals surface area contributed by atoms with Crippen LogP contribution in [0.15, 0.2) is 24.8 Å². The Hall–Kier alpha value is -1.95. The summed E-state index contributed by atoms with van der Waals surface area (Å²) in [7, 11) is 0. The molecular formula is C13H18N4O2. The molecule has 1 aliphatic heterocycles. The number of anilines is 1. The van der Waals surface area contributed by atoms with E-state index in [2.05, 4.69) is 27.4 Å². The lowest BCUT2D eigenvalue weighted by molar-refractivity contribution is 0.0952. The van der Waals surface area contributed by atoms with E-state index in [-0.39, 0.29) is 12.0 Å². The summed E-state index contributed by atoms with van der Waals surface area (Å²) in [6, 6.07) is 3.38. The number of amides is 1. The molecule has 1 aromatic rings. The van der Waals surface area contributed by atoms with Crippen LogP contribution in [-0.4, -0.2) is 41.9 Å². The summed E-state index contributed by atoms with van der Waals surface area (Å²) < 4.78 is 5.50. The van der Waals surface area contributed by atoms with Crippen molar-refractivity contribution < 1.29 is 9.53 Å². The molecule has 102 valence electrons. The number of carbonyl (C=O) groups is 1. The van der Waals surface area contributed by atoms with E-state index in [4.69, 9.17) is 4.74 Å². The van der Waals surface area contributed by atoms with Gasteiger partial charge in [0.2, 0.25) is 0 Å². The SMILES string of the molecule is C=CCNC(=O)c1ccc(NCC2CCCO2)nn1. The molecule has 6 nitrogen and oxygen atoms in total. The van der Waals surface area contributed by atoms with Crippen LogP contribution >= 0.6 is 0 Å². The van der Waals surface area contributed by atoms with Crippen molar-refractivity contribution in [2.75, 3.05) is 25.0 Å². The highest BCUT2D eigenvalue weighted by Crippen LogP contribution is 2.12. The average molecular weight is 262 g/mol. The fourth-order valence-electron chi connectivity index (χ4n) is 1.83. The van der Waals surface area contributed by atoms with E-state index in [0.29, 0.717) is 18.1 Å². The van der Waals surface area contributed by atoms with Gasteiger partial charge in [0.1, 0.15) is 5.82 Å². The van der Waals surface area contributed by atoms with Crippen LogP contribution in [0.1, 0.15) is 23.3 Å². The van der Waals surface area contributed by atoms with Crippen LogP contribution in [0.4, 0.5) is 5.82 Å². The van der Waals surface area contributed by atoms with Gasteiger partial charge in [0, 0.05) is 19.7 Å². The van der Waals surface area contributed by atoms with Gasteiger partial charge in [-0.2, -0.15) is 0 Å². The van der Waals surface area contributed by atoms with Crippen LogP contribution < -0.4 is 10.6 Å². The molecule has 1 saturated heterocycles. The first kappa shape index (κ1) is 13.5. The van der Waals surface area contributed by atoms with Crippen molar-refractivity contribution in [3.8, 4) is 0 Å². The Labute approximate surface area is 112 Å². The standard InChI is InChI=1S/C13H18N4O2/c1-2-7-14-13(18)11-5-6-12(17-16-11)15-9-10-4-3-8-19-10/h2,5-6,10H,1,3-4,7-9H2,(H,14,18)(H,15,17). The normalized spacial score (nSPS) is 18.0. The van der Waals surface area contributed by atoms with E-state index in [0.717, 1.165) is 26.0 Å². The highest BCUT2D eigenvalue weighted by molar-refractivity contribution is 5.92. The third kappa shape index (κ3) is 4.03. The molecular weight excluding hydrogens is 244 g/mol. The lowest BCUT2D eigenvalue weighted by atomic mass is 10.2. The zero-order chi connectivity index (χ0) is 13.5. The summed E-state index contributed by atoms with van der Waals surface area (Å²) >= 11 is 0. The van der Waals surface area contributed by atoms with Crippen LogP contribution in [0.5, 0.6) is 0 Å². The molecule has 1 atom stereocenters. The summed E-state index contributed by atoms with van der Waals surface area (Å²) in [5.41, 5.74) is 0.296. The van der Waals surface area contributed by atoms with Gasteiger partial charge in [-0.05, 0) is 25.0 Å². The topological polar surface area (TPSA) is 76.1 Å². The molecule has 0 aliphatic carbocycles. The maximum atomic E-state index is 11.6. The van der Waals surface area contributed by atoms with E-state index in [1.165, 1.54) is 0 Å².